The summed E-state index contributed by atoms with van der Waals surface area (Å²) in [5.74, 6) is 0.578. The molecule has 2 aliphatic rings. The maximum absolute atomic E-state index is 12.8. The normalized spacial score (nSPS) is 25.3. The molecule has 0 bridgehead atoms. The first-order chi connectivity index (χ1) is 15.3. The van der Waals surface area contributed by atoms with Crippen LogP contribution < -0.4 is 4.90 Å². The summed E-state index contributed by atoms with van der Waals surface area (Å²) in [5, 5.41) is 9.27. The lowest BCUT2D eigenvalue weighted by Crippen LogP contribution is -2.45. The first-order valence-electron chi connectivity index (χ1n) is 11.0. The van der Waals surface area contributed by atoms with Gasteiger partial charge in [0.1, 0.15) is 5.60 Å². The Morgan fingerprint density at radius 1 is 1.25 bits per heavy atom. The molecule has 2 atom stereocenters. The second-order valence-electron chi connectivity index (χ2n) is 9.59. The molecule has 1 unspecified atom stereocenters. The number of hydrogen-bond acceptors (Lipinski definition) is 6. The van der Waals surface area contributed by atoms with Crippen molar-refractivity contribution in [2.45, 2.75) is 58.6 Å². The van der Waals surface area contributed by atoms with Gasteiger partial charge in [-0.15, -0.1) is 0 Å². The molecule has 8 nitrogen and oxygen atoms in total. The Bertz CT molecular complexity index is 1260. The third-order valence-corrected chi connectivity index (χ3v) is 6.73. The Morgan fingerprint density at radius 2 is 2.09 bits per heavy atom. The summed E-state index contributed by atoms with van der Waals surface area (Å²) >= 11 is 0. The fraction of sp³-hybridized carbons (Fsp3) is 0.458. The molecule has 32 heavy (non-hydrogen) atoms. The molecule has 0 radical (unpaired) electrons. The van der Waals surface area contributed by atoms with E-state index in [4.69, 9.17) is 4.74 Å². The number of ether oxygens (including phenoxy) is 1. The van der Waals surface area contributed by atoms with Gasteiger partial charge in [-0.25, -0.2) is 14.8 Å². The number of nitrogens with zero attached hydrogens (tertiary/aromatic N) is 6. The minimum Gasteiger partial charge on any atom is -0.441 e. The van der Waals surface area contributed by atoms with Crippen LogP contribution in [0.15, 0.2) is 30.7 Å². The highest BCUT2D eigenvalue weighted by Gasteiger charge is 2.52. The molecule has 1 saturated heterocycles. The zero-order valence-electron chi connectivity index (χ0n) is 18.6. The van der Waals surface area contributed by atoms with Gasteiger partial charge < -0.3 is 9.30 Å². The van der Waals surface area contributed by atoms with Crippen molar-refractivity contribution < 1.29 is 9.53 Å². The lowest BCUT2D eigenvalue weighted by molar-refractivity contribution is -0.0264. The molecule has 1 aromatic carbocycles. The van der Waals surface area contributed by atoms with Crippen molar-refractivity contribution in [3.63, 3.8) is 0 Å². The summed E-state index contributed by atoms with van der Waals surface area (Å²) in [6.07, 6.45) is 6.80. The Labute approximate surface area is 186 Å². The summed E-state index contributed by atoms with van der Waals surface area (Å²) in [7, 11) is 0. The smallest absolute Gasteiger partial charge is 0.416 e. The number of carbonyl (C=O) groups is 1. The lowest BCUT2D eigenvalue weighted by atomic mass is 9.68. The molecule has 1 amide bonds. The standard InChI is InChI=1S/C24H26N6O2/c1-16-11-26-21(17(2)28-16)30-14-24(32-22(30)31)8-4-7-23(3,12-24)13-29-15-27-19-6-5-18(10-25)9-20(19)29/h5-6,9,11,15H,4,7-8,12-14H2,1-3H3/t23?,24-/m0/s1. The topological polar surface area (TPSA) is 96.9 Å². The number of benzene rings is 1. The molecule has 164 valence electrons. The highest BCUT2D eigenvalue weighted by atomic mass is 16.6. The molecule has 0 N–H and O–H groups in total. The third-order valence-electron chi connectivity index (χ3n) is 6.73. The predicted octanol–water partition coefficient (Wildman–Crippen LogP) is 4.29. The summed E-state index contributed by atoms with van der Waals surface area (Å²) < 4.78 is 8.16. The van der Waals surface area contributed by atoms with E-state index in [0.717, 1.165) is 54.6 Å². The van der Waals surface area contributed by atoms with Gasteiger partial charge in [0.15, 0.2) is 5.82 Å². The molecule has 5 rings (SSSR count). The van der Waals surface area contributed by atoms with Crippen molar-refractivity contribution >= 4 is 22.9 Å². The minimum absolute atomic E-state index is 0.0706. The number of amides is 1. The zero-order valence-corrected chi connectivity index (χ0v) is 18.6. The second-order valence-corrected chi connectivity index (χ2v) is 9.59. The quantitative estimate of drug-likeness (QED) is 0.615. The van der Waals surface area contributed by atoms with E-state index in [1.165, 1.54) is 0 Å². The number of aryl methyl sites for hydroxylation is 2. The Hall–Kier alpha value is -3.47. The summed E-state index contributed by atoms with van der Waals surface area (Å²) in [4.78, 5) is 27.9. The van der Waals surface area contributed by atoms with Crippen LogP contribution in [0, 0.1) is 30.6 Å². The fourth-order valence-electron chi connectivity index (χ4n) is 5.46. The van der Waals surface area contributed by atoms with Crippen LogP contribution in [0.3, 0.4) is 0 Å². The monoisotopic (exact) mass is 430 g/mol. The SMILES string of the molecule is Cc1cnc(N2C[C@@]3(CCCC(C)(Cn4cnc5ccc(C#N)cc54)C3)OC2=O)c(C)n1. The molecular weight excluding hydrogens is 404 g/mol. The summed E-state index contributed by atoms with van der Waals surface area (Å²) in [6.45, 7) is 7.25. The van der Waals surface area contributed by atoms with Gasteiger partial charge in [0, 0.05) is 6.54 Å². The van der Waals surface area contributed by atoms with E-state index in [2.05, 4.69) is 32.5 Å². The molecule has 8 heteroatoms. The summed E-state index contributed by atoms with van der Waals surface area (Å²) in [6, 6.07) is 7.77. The van der Waals surface area contributed by atoms with Gasteiger partial charge in [-0.1, -0.05) is 6.92 Å². The van der Waals surface area contributed by atoms with Crippen molar-refractivity contribution in [1.29, 1.82) is 5.26 Å². The predicted molar refractivity (Wildman–Crippen MR) is 119 cm³/mol. The van der Waals surface area contributed by atoms with Crippen molar-refractivity contribution in [2.75, 3.05) is 11.4 Å². The highest BCUT2D eigenvalue weighted by Crippen LogP contribution is 2.48. The highest BCUT2D eigenvalue weighted by molar-refractivity contribution is 5.89. The minimum atomic E-state index is -0.530. The van der Waals surface area contributed by atoms with Crippen LogP contribution in [-0.4, -0.2) is 37.8 Å². The first kappa shape index (κ1) is 20.4. The molecule has 3 aromatic rings. The average Bonchev–Trinajstić information content (AvgIpc) is 3.27. The number of rotatable bonds is 3. The number of anilines is 1. The first-order valence-corrected chi connectivity index (χ1v) is 11.0. The molecule has 3 heterocycles. The van der Waals surface area contributed by atoms with E-state index < -0.39 is 5.60 Å². The molecule has 2 fully saturated rings. The second kappa shape index (κ2) is 7.30. The van der Waals surface area contributed by atoms with Gasteiger partial charge in [-0.3, -0.25) is 9.88 Å². The fourth-order valence-corrected chi connectivity index (χ4v) is 5.46. The van der Waals surface area contributed by atoms with Gasteiger partial charge in [-0.05, 0) is 63.1 Å². The van der Waals surface area contributed by atoms with E-state index in [1.54, 1.807) is 17.2 Å². The molecule has 1 saturated carbocycles. The zero-order chi connectivity index (χ0) is 22.5. The van der Waals surface area contributed by atoms with Crippen LogP contribution in [0.1, 0.15) is 49.6 Å². The lowest BCUT2D eigenvalue weighted by Gasteiger charge is -2.43. The molecule has 1 aliphatic heterocycles. The van der Waals surface area contributed by atoms with E-state index >= 15 is 0 Å². The Kier molecular flexibility index (Phi) is 4.66. The van der Waals surface area contributed by atoms with Crippen molar-refractivity contribution in [3.05, 3.63) is 47.7 Å². The maximum Gasteiger partial charge on any atom is 0.416 e. The average molecular weight is 431 g/mol. The largest absolute Gasteiger partial charge is 0.441 e. The van der Waals surface area contributed by atoms with Gasteiger partial charge in [0.25, 0.3) is 0 Å². The molecule has 2 aromatic heterocycles. The van der Waals surface area contributed by atoms with Crippen molar-refractivity contribution in [3.8, 4) is 6.07 Å². The van der Waals surface area contributed by atoms with Crippen LogP contribution in [0.25, 0.3) is 11.0 Å². The van der Waals surface area contributed by atoms with Crippen LogP contribution >= 0.6 is 0 Å². The van der Waals surface area contributed by atoms with Gasteiger partial charge in [0.2, 0.25) is 0 Å². The maximum atomic E-state index is 12.8. The van der Waals surface area contributed by atoms with E-state index in [-0.39, 0.29) is 11.5 Å². The number of nitriles is 1. The number of aromatic nitrogens is 4. The Balaban J connectivity index is 1.40. The Morgan fingerprint density at radius 3 is 2.88 bits per heavy atom. The molecule has 1 spiro atoms. The number of carbonyl (C=O) groups excluding carboxylic acids is 1. The molecule has 1 aliphatic carbocycles. The van der Waals surface area contributed by atoms with Crippen LogP contribution in [0.2, 0.25) is 0 Å². The van der Waals surface area contributed by atoms with Crippen molar-refractivity contribution in [1.82, 2.24) is 19.5 Å². The summed E-state index contributed by atoms with van der Waals surface area (Å²) in [5.41, 5.74) is 3.42. The van der Waals surface area contributed by atoms with Crippen LogP contribution in [0.4, 0.5) is 10.6 Å². The number of imidazole rings is 1. The van der Waals surface area contributed by atoms with Gasteiger partial charge in [-0.2, -0.15) is 5.26 Å². The van der Waals surface area contributed by atoms with E-state index in [1.807, 2.05) is 32.3 Å². The van der Waals surface area contributed by atoms with E-state index in [0.29, 0.717) is 17.9 Å². The number of hydrogen-bond donors (Lipinski definition) is 0. The number of fused-ring (bicyclic) bond motifs is 1. The van der Waals surface area contributed by atoms with E-state index in [9.17, 15) is 10.1 Å². The van der Waals surface area contributed by atoms with Crippen LogP contribution in [0.5, 0.6) is 0 Å². The molecular formula is C24H26N6O2. The van der Waals surface area contributed by atoms with Gasteiger partial charge >= 0.3 is 6.09 Å². The van der Waals surface area contributed by atoms with Crippen molar-refractivity contribution in [2.24, 2.45) is 5.41 Å². The van der Waals surface area contributed by atoms with Gasteiger partial charge in [0.05, 0.1) is 53.1 Å². The third kappa shape index (κ3) is 3.48. The van der Waals surface area contributed by atoms with Crippen LogP contribution in [-0.2, 0) is 11.3 Å².